The van der Waals surface area contributed by atoms with Crippen molar-refractivity contribution in [1.29, 1.82) is 10.5 Å². The standard InChI is InChI=1S/C10H9N3O2S/c1-3-15-9-7(4-11)10(13-6(2)14)16-8(9)5-12/h3H2,1-2H3,(H,13,14). The average molecular weight is 235 g/mol. The van der Waals surface area contributed by atoms with Crippen molar-refractivity contribution in [2.24, 2.45) is 0 Å². The number of carbonyl (C=O) groups is 1. The zero-order valence-electron chi connectivity index (χ0n) is 8.83. The molecule has 16 heavy (non-hydrogen) atoms. The maximum Gasteiger partial charge on any atom is 0.221 e. The Morgan fingerprint density at radius 2 is 2.19 bits per heavy atom. The fourth-order valence-corrected chi connectivity index (χ4v) is 2.06. The molecule has 0 aromatic carbocycles. The largest absolute Gasteiger partial charge is 0.490 e. The van der Waals surface area contributed by atoms with Gasteiger partial charge in [0.25, 0.3) is 0 Å². The van der Waals surface area contributed by atoms with Gasteiger partial charge >= 0.3 is 0 Å². The molecule has 1 amide bonds. The molecule has 82 valence electrons. The van der Waals surface area contributed by atoms with E-state index in [1.54, 1.807) is 6.92 Å². The van der Waals surface area contributed by atoms with Crippen LogP contribution in [0.2, 0.25) is 0 Å². The minimum absolute atomic E-state index is 0.207. The molecule has 0 radical (unpaired) electrons. The van der Waals surface area contributed by atoms with Crippen LogP contribution < -0.4 is 10.1 Å². The summed E-state index contributed by atoms with van der Waals surface area (Å²) in [4.78, 5) is 11.2. The number of nitrogens with zero attached hydrogens (tertiary/aromatic N) is 2. The predicted molar refractivity (Wildman–Crippen MR) is 59.2 cm³/mol. The first-order chi connectivity index (χ1) is 7.63. The lowest BCUT2D eigenvalue weighted by Crippen LogP contribution is -2.05. The molecule has 1 N–H and O–H groups in total. The SMILES string of the molecule is CCOc1c(C#N)sc(NC(C)=O)c1C#N. The van der Waals surface area contributed by atoms with E-state index in [1.807, 2.05) is 12.1 Å². The van der Waals surface area contributed by atoms with Crippen LogP contribution in [0.3, 0.4) is 0 Å². The quantitative estimate of drug-likeness (QED) is 0.866. The highest BCUT2D eigenvalue weighted by molar-refractivity contribution is 7.17. The van der Waals surface area contributed by atoms with Crippen molar-refractivity contribution >= 4 is 22.2 Å². The summed E-state index contributed by atoms with van der Waals surface area (Å²) in [5.41, 5.74) is 0.207. The number of hydrogen-bond acceptors (Lipinski definition) is 5. The molecular formula is C10H9N3O2S. The first-order valence-corrected chi connectivity index (χ1v) is 5.33. The second kappa shape index (κ2) is 5.15. The van der Waals surface area contributed by atoms with Crippen LogP contribution >= 0.6 is 11.3 Å². The van der Waals surface area contributed by atoms with Crippen molar-refractivity contribution in [2.75, 3.05) is 11.9 Å². The Hall–Kier alpha value is -2.05. The number of anilines is 1. The second-order valence-corrected chi connectivity index (χ2v) is 3.82. The molecule has 6 heteroatoms. The molecule has 0 bridgehead atoms. The lowest BCUT2D eigenvalue weighted by atomic mass is 10.3. The third kappa shape index (κ3) is 2.30. The fraction of sp³-hybridized carbons (Fsp3) is 0.300. The Kier molecular flexibility index (Phi) is 3.87. The van der Waals surface area contributed by atoms with Gasteiger partial charge in [0.2, 0.25) is 5.91 Å². The molecule has 0 spiro atoms. The zero-order chi connectivity index (χ0) is 12.1. The minimum Gasteiger partial charge on any atom is -0.490 e. The highest BCUT2D eigenvalue weighted by Gasteiger charge is 2.19. The van der Waals surface area contributed by atoms with Crippen molar-refractivity contribution in [1.82, 2.24) is 0 Å². The van der Waals surface area contributed by atoms with E-state index in [0.29, 0.717) is 16.5 Å². The van der Waals surface area contributed by atoms with Crippen molar-refractivity contribution in [3.63, 3.8) is 0 Å². The Labute approximate surface area is 96.9 Å². The van der Waals surface area contributed by atoms with Crippen LogP contribution in [-0.2, 0) is 4.79 Å². The number of rotatable bonds is 3. The first kappa shape index (κ1) is 12.0. The Balaban J connectivity index is 3.26. The lowest BCUT2D eigenvalue weighted by Gasteiger charge is -2.01. The predicted octanol–water partition coefficient (Wildman–Crippen LogP) is 1.85. The van der Waals surface area contributed by atoms with Gasteiger partial charge in [-0.05, 0) is 6.92 Å². The van der Waals surface area contributed by atoms with Crippen molar-refractivity contribution < 1.29 is 9.53 Å². The third-order valence-corrected chi connectivity index (χ3v) is 2.65. The summed E-state index contributed by atoms with van der Waals surface area (Å²) in [5.74, 6) is -0.0356. The number of hydrogen-bond donors (Lipinski definition) is 1. The van der Waals surface area contributed by atoms with Gasteiger partial charge in [-0.15, -0.1) is 11.3 Å². The lowest BCUT2D eigenvalue weighted by molar-refractivity contribution is -0.114. The number of nitriles is 2. The summed E-state index contributed by atoms with van der Waals surface area (Å²) < 4.78 is 5.23. The number of ether oxygens (including phenoxy) is 1. The summed E-state index contributed by atoms with van der Waals surface area (Å²) in [6.07, 6.45) is 0. The molecule has 1 aromatic rings. The number of thiophene rings is 1. The summed E-state index contributed by atoms with van der Waals surface area (Å²) in [5, 5.41) is 20.7. The van der Waals surface area contributed by atoms with E-state index in [9.17, 15) is 4.79 Å². The molecule has 0 aliphatic carbocycles. The molecule has 0 atom stereocenters. The van der Waals surface area contributed by atoms with Gasteiger partial charge in [0, 0.05) is 6.92 Å². The molecule has 0 unspecified atom stereocenters. The van der Waals surface area contributed by atoms with Gasteiger partial charge in [-0.25, -0.2) is 0 Å². The molecule has 1 rings (SSSR count). The van der Waals surface area contributed by atoms with Crippen LogP contribution in [0, 0.1) is 22.7 Å². The van der Waals surface area contributed by atoms with Crippen molar-refractivity contribution in [2.45, 2.75) is 13.8 Å². The van der Waals surface area contributed by atoms with E-state index in [2.05, 4.69) is 5.32 Å². The molecular weight excluding hydrogens is 226 g/mol. The first-order valence-electron chi connectivity index (χ1n) is 4.51. The Morgan fingerprint density at radius 1 is 1.50 bits per heavy atom. The highest BCUT2D eigenvalue weighted by Crippen LogP contribution is 2.38. The maximum atomic E-state index is 10.9. The fourth-order valence-electron chi connectivity index (χ4n) is 1.12. The van der Waals surface area contributed by atoms with Crippen LogP contribution in [-0.4, -0.2) is 12.5 Å². The van der Waals surface area contributed by atoms with Gasteiger partial charge in [-0.2, -0.15) is 10.5 Å². The summed E-state index contributed by atoms with van der Waals surface area (Å²) >= 11 is 1.04. The van der Waals surface area contributed by atoms with Gasteiger partial charge < -0.3 is 10.1 Å². The van der Waals surface area contributed by atoms with Crippen molar-refractivity contribution in [3.05, 3.63) is 10.4 Å². The van der Waals surface area contributed by atoms with Crippen molar-refractivity contribution in [3.8, 4) is 17.9 Å². The van der Waals surface area contributed by atoms with Crippen LogP contribution in [0.1, 0.15) is 24.3 Å². The zero-order valence-corrected chi connectivity index (χ0v) is 9.64. The molecule has 1 heterocycles. The highest BCUT2D eigenvalue weighted by atomic mass is 32.1. The molecule has 0 saturated heterocycles. The number of carbonyl (C=O) groups excluding carboxylic acids is 1. The summed E-state index contributed by atoms with van der Waals surface area (Å²) in [7, 11) is 0. The van der Waals surface area contributed by atoms with E-state index in [4.69, 9.17) is 15.3 Å². The molecule has 0 saturated carbocycles. The van der Waals surface area contributed by atoms with E-state index in [-0.39, 0.29) is 17.2 Å². The normalized spacial score (nSPS) is 9.00. The number of amides is 1. The van der Waals surface area contributed by atoms with E-state index >= 15 is 0 Å². The molecule has 0 aliphatic heterocycles. The van der Waals surface area contributed by atoms with Gasteiger partial charge in [0.1, 0.15) is 27.6 Å². The minimum atomic E-state index is -0.287. The molecule has 5 nitrogen and oxygen atoms in total. The maximum absolute atomic E-state index is 10.9. The Morgan fingerprint density at radius 3 is 2.62 bits per heavy atom. The van der Waals surface area contributed by atoms with Gasteiger partial charge in [-0.3, -0.25) is 4.79 Å². The second-order valence-electron chi connectivity index (χ2n) is 2.80. The monoisotopic (exact) mass is 235 g/mol. The van der Waals surface area contributed by atoms with Gasteiger partial charge in [-0.1, -0.05) is 0 Å². The van der Waals surface area contributed by atoms with Crippen LogP contribution in [0.4, 0.5) is 5.00 Å². The van der Waals surface area contributed by atoms with E-state index in [0.717, 1.165) is 11.3 Å². The Bertz CT molecular complexity index is 493. The van der Waals surface area contributed by atoms with E-state index < -0.39 is 0 Å². The summed E-state index contributed by atoms with van der Waals surface area (Å²) in [6.45, 7) is 3.46. The summed E-state index contributed by atoms with van der Waals surface area (Å²) in [6, 6.07) is 3.87. The average Bonchev–Trinajstić information content (AvgIpc) is 2.55. The molecule has 0 fully saturated rings. The molecule has 1 aromatic heterocycles. The van der Waals surface area contributed by atoms with E-state index in [1.165, 1.54) is 6.92 Å². The smallest absolute Gasteiger partial charge is 0.221 e. The third-order valence-electron chi connectivity index (χ3n) is 1.66. The van der Waals surface area contributed by atoms with Gasteiger partial charge in [0.05, 0.1) is 6.61 Å². The van der Waals surface area contributed by atoms with Crippen LogP contribution in [0.15, 0.2) is 0 Å². The number of nitrogens with one attached hydrogen (secondary N) is 1. The van der Waals surface area contributed by atoms with Crippen LogP contribution in [0.5, 0.6) is 5.75 Å². The molecule has 0 aliphatic rings. The van der Waals surface area contributed by atoms with Crippen LogP contribution in [0.25, 0.3) is 0 Å². The van der Waals surface area contributed by atoms with Gasteiger partial charge in [0.15, 0.2) is 5.75 Å². The topological polar surface area (TPSA) is 85.9 Å².